The number of aryl methyl sites for hydroxylation is 2. The number of para-hydroxylation sites is 1. The number of rotatable bonds is 4. The van der Waals surface area contributed by atoms with Gasteiger partial charge in [0.05, 0.1) is 16.9 Å². The molecule has 0 bridgehead atoms. The third kappa shape index (κ3) is 3.76. The van der Waals surface area contributed by atoms with Crippen LogP contribution < -0.4 is 5.32 Å². The van der Waals surface area contributed by atoms with Gasteiger partial charge in [0.25, 0.3) is 5.91 Å². The molecule has 1 N–H and O–H groups in total. The predicted octanol–water partition coefficient (Wildman–Crippen LogP) is 5.55. The summed E-state index contributed by atoms with van der Waals surface area (Å²) < 4.78 is 14.9. The number of anilines is 1. The first kappa shape index (κ1) is 20.0. The molecule has 8 heteroatoms. The van der Waals surface area contributed by atoms with Crippen LogP contribution in [0, 0.1) is 19.7 Å². The molecule has 0 aliphatic heterocycles. The van der Waals surface area contributed by atoms with Crippen LogP contribution in [-0.4, -0.2) is 25.7 Å². The number of carbonyl (C=O) groups excluding carboxylic acids is 1. The Morgan fingerprint density at radius 2 is 1.78 bits per heavy atom. The molecule has 1 amide bonds. The summed E-state index contributed by atoms with van der Waals surface area (Å²) in [6, 6.07) is 19.5. The minimum absolute atomic E-state index is 0.282. The summed E-state index contributed by atoms with van der Waals surface area (Å²) in [4.78, 5) is 22.7. The Morgan fingerprint density at radius 3 is 2.59 bits per heavy atom. The van der Waals surface area contributed by atoms with Gasteiger partial charge < -0.3 is 5.32 Å². The zero-order valence-electron chi connectivity index (χ0n) is 17.3. The lowest BCUT2D eigenvalue weighted by molar-refractivity contribution is 0.102. The monoisotopic (exact) mass is 443 g/mol. The molecule has 0 saturated carbocycles. The van der Waals surface area contributed by atoms with Crippen LogP contribution in [0.1, 0.15) is 21.1 Å². The van der Waals surface area contributed by atoms with Gasteiger partial charge in [-0.1, -0.05) is 18.2 Å². The summed E-state index contributed by atoms with van der Waals surface area (Å²) in [7, 11) is 0. The Labute approximate surface area is 187 Å². The maximum absolute atomic E-state index is 13.2. The number of hydrogen-bond donors (Lipinski definition) is 1. The minimum Gasteiger partial charge on any atom is -0.306 e. The minimum atomic E-state index is -0.314. The number of thiazole rings is 1. The Morgan fingerprint density at radius 1 is 1.00 bits per heavy atom. The summed E-state index contributed by atoms with van der Waals surface area (Å²) in [5, 5.41) is 9.14. The number of fused-ring (bicyclic) bond motifs is 1. The molecule has 5 rings (SSSR count). The summed E-state index contributed by atoms with van der Waals surface area (Å²) >= 11 is 1.27. The fraction of sp³-hybridized carbons (Fsp3) is 0.0833. The number of amides is 1. The van der Waals surface area contributed by atoms with Crippen LogP contribution >= 0.6 is 11.3 Å². The van der Waals surface area contributed by atoms with Gasteiger partial charge in [0.2, 0.25) is 0 Å². The standard InChI is InChI=1S/C24H18FN5OS/c1-14-13-21(30(29-14)20-12-9-16-5-3-4-6-19(16)27-20)28-23(31)22-15(2)26-24(32-22)17-7-10-18(25)11-8-17/h3-13H,1-2H3,(H,28,31). The number of nitrogens with one attached hydrogen (secondary N) is 1. The molecule has 0 atom stereocenters. The second-order valence-corrected chi connectivity index (χ2v) is 8.34. The van der Waals surface area contributed by atoms with Crippen molar-refractivity contribution in [3.8, 4) is 16.4 Å². The average Bonchev–Trinajstić information content (AvgIpc) is 3.36. The highest BCUT2D eigenvalue weighted by Crippen LogP contribution is 2.29. The van der Waals surface area contributed by atoms with Gasteiger partial charge in [0.1, 0.15) is 21.5 Å². The molecule has 0 radical (unpaired) electrons. The van der Waals surface area contributed by atoms with Crippen LogP contribution in [0.3, 0.4) is 0 Å². The van der Waals surface area contributed by atoms with E-state index in [9.17, 15) is 9.18 Å². The van der Waals surface area contributed by atoms with Crippen LogP contribution in [0.25, 0.3) is 27.3 Å². The molecule has 0 aliphatic rings. The van der Waals surface area contributed by atoms with E-state index in [4.69, 9.17) is 0 Å². The highest BCUT2D eigenvalue weighted by molar-refractivity contribution is 7.17. The van der Waals surface area contributed by atoms with Crippen LogP contribution in [-0.2, 0) is 0 Å². The topological polar surface area (TPSA) is 72.7 Å². The zero-order valence-corrected chi connectivity index (χ0v) is 18.2. The number of pyridine rings is 1. The molecule has 0 fully saturated rings. The van der Waals surface area contributed by atoms with Crippen LogP contribution in [0.2, 0.25) is 0 Å². The lowest BCUT2D eigenvalue weighted by atomic mass is 10.2. The Hall–Kier alpha value is -3.91. The van der Waals surface area contributed by atoms with E-state index in [0.29, 0.717) is 27.2 Å². The van der Waals surface area contributed by atoms with E-state index in [1.807, 2.05) is 43.3 Å². The van der Waals surface area contributed by atoms with E-state index in [1.54, 1.807) is 29.8 Å². The third-order valence-corrected chi connectivity index (χ3v) is 6.17. The number of carbonyl (C=O) groups is 1. The summed E-state index contributed by atoms with van der Waals surface area (Å²) in [5.41, 5.74) is 2.97. The maximum Gasteiger partial charge on any atom is 0.268 e. The largest absolute Gasteiger partial charge is 0.306 e. The SMILES string of the molecule is Cc1cc(NC(=O)c2sc(-c3ccc(F)cc3)nc2C)n(-c2ccc3ccccc3n2)n1. The second-order valence-electron chi connectivity index (χ2n) is 7.34. The lowest BCUT2D eigenvalue weighted by Crippen LogP contribution is -2.15. The maximum atomic E-state index is 13.2. The van der Waals surface area contributed by atoms with Crippen molar-refractivity contribution in [2.45, 2.75) is 13.8 Å². The van der Waals surface area contributed by atoms with Crippen LogP contribution in [0.4, 0.5) is 10.2 Å². The fourth-order valence-corrected chi connectivity index (χ4v) is 4.40. The van der Waals surface area contributed by atoms with Crippen molar-refractivity contribution in [3.63, 3.8) is 0 Å². The first-order chi connectivity index (χ1) is 15.5. The van der Waals surface area contributed by atoms with Gasteiger partial charge in [-0.3, -0.25) is 4.79 Å². The molecule has 0 unspecified atom stereocenters. The smallest absolute Gasteiger partial charge is 0.268 e. The summed E-state index contributed by atoms with van der Waals surface area (Å²) in [6.07, 6.45) is 0. The van der Waals surface area contributed by atoms with Crippen molar-refractivity contribution in [3.05, 3.63) is 88.8 Å². The van der Waals surface area contributed by atoms with Crippen molar-refractivity contribution < 1.29 is 9.18 Å². The van der Waals surface area contributed by atoms with Gasteiger partial charge in [0, 0.05) is 17.0 Å². The third-order valence-electron chi connectivity index (χ3n) is 4.97. The average molecular weight is 444 g/mol. The van der Waals surface area contributed by atoms with Gasteiger partial charge in [-0.15, -0.1) is 11.3 Å². The highest BCUT2D eigenvalue weighted by atomic mass is 32.1. The van der Waals surface area contributed by atoms with E-state index in [1.165, 1.54) is 23.5 Å². The predicted molar refractivity (Wildman–Crippen MR) is 124 cm³/mol. The van der Waals surface area contributed by atoms with Gasteiger partial charge in [0.15, 0.2) is 5.82 Å². The molecule has 2 aromatic carbocycles. The van der Waals surface area contributed by atoms with Gasteiger partial charge in [-0.05, 0) is 56.3 Å². The van der Waals surface area contributed by atoms with Gasteiger partial charge in [-0.25, -0.2) is 14.4 Å². The highest BCUT2D eigenvalue weighted by Gasteiger charge is 2.19. The second kappa shape index (κ2) is 7.97. The first-order valence-electron chi connectivity index (χ1n) is 9.95. The lowest BCUT2D eigenvalue weighted by Gasteiger charge is -2.08. The van der Waals surface area contributed by atoms with Crippen molar-refractivity contribution in [1.82, 2.24) is 19.7 Å². The van der Waals surface area contributed by atoms with E-state index >= 15 is 0 Å². The van der Waals surface area contributed by atoms with Crippen molar-refractivity contribution >= 4 is 34.0 Å². The first-order valence-corrected chi connectivity index (χ1v) is 10.8. The van der Waals surface area contributed by atoms with Gasteiger partial charge in [-0.2, -0.15) is 9.78 Å². The number of nitrogens with zero attached hydrogens (tertiary/aromatic N) is 4. The molecule has 3 aromatic heterocycles. The van der Waals surface area contributed by atoms with Crippen LogP contribution in [0.15, 0.2) is 66.7 Å². The molecule has 0 aliphatic carbocycles. The molecule has 158 valence electrons. The van der Waals surface area contributed by atoms with Crippen molar-refractivity contribution in [1.29, 1.82) is 0 Å². The Kier molecular flexibility index (Phi) is 4.99. The number of benzene rings is 2. The van der Waals surface area contributed by atoms with E-state index < -0.39 is 0 Å². The van der Waals surface area contributed by atoms with Gasteiger partial charge >= 0.3 is 0 Å². The summed E-state index contributed by atoms with van der Waals surface area (Å²) in [5.74, 6) is 0.535. The molecule has 0 spiro atoms. The molecular weight excluding hydrogens is 425 g/mol. The molecule has 5 aromatic rings. The van der Waals surface area contributed by atoms with E-state index in [-0.39, 0.29) is 11.7 Å². The van der Waals surface area contributed by atoms with E-state index in [2.05, 4.69) is 20.4 Å². The molecule has 0 saturated heterocycles. The molecular formula is C24H18FN5OS. The number of aromatic nitrogens is 4. The van der Waals surface area contributed by atoms with Crippen molar-refractivity contribution in [2.24, 2.45) is 0 Å². The Balaban J connectivity index is 1.46. The molecule has 6 nitrogen and oxygen atoms in total. The van der Waals surface area contributed by atoms with Crippen LogP contribution in [0.5, 0.6) is 0 Å². The quantitative estimate of drug-likeness (QED) is 0.395. The summed E-state index contributed by atoms with van der Waals surface area (Å²) in [6.45, 7) is 3.64. The Bertz CT molecular complexity index is 1460. The van der Waals surface area contributed by atoms with E-state index in [0.717, 1.165) is 22.2 Å². The fourth-order valence-electron chi connectivity index (χ4n) is 3.43. The molecule has 32 heavy (non-hydrogen) atoms. The number of halogens is 1. The molecule has 3 heterocycles. The van der Waals surface area contributed by atoms with Crippen molar-refractivity contribution in [2.75, 3.05) is 5.32 Å². The zero-order chi connectivity index (χ0) is 22.2. The number of hydrogen-bond acceptors (Lipinski definition) is 5. The normalized spacial score (nSPS) is 11.1.